The first-order valence-electron chi connectivity index (χ1n) is 7.98. The third-order valence-corrected chi connectivity index (χ3v) is 3.95. The number of nitrogens with zero attached hydrogens (tertiary/aromatic N) is 2. The molecule has 0 radical (unpaired) electrons. The molecule has 122 valence electrons. The molecule has 0 spiro atoms. The number of rotatable bonds is 4. The summed E-state index contributed by atoms with van der Waals surface area (Å²) in [7, 11) is 0. The normalized spacial score (nSPS) is 11.0. The van der Waals surface area contributed by atoms with Crippen LogP contribution in [0.5, 0.6) is 11.5 Å². The highest BCUT2D eigenvalue weighted by atomic mass is 16.5. The van der Waals surface area contributed by atoms with Gasteiger partial charge in [0.2, 0.25) is 0 Å². The van der Waals surface area contributed by atoms with E-state index < -0.39 is 0 Å². The summed E-state index contributed by atoms with van der Waals surface area (Å²) in [4.78, 5) is 0. The molecule has 3 aromatic rings. The Kier molecular flexibility index (Phi) is 4.18. The third-order valence-electron chi connectivity index (χ3n) is 3.95. The van der Waals surface area contributed by atoms with Crippen molar-refractivity contribution in [3.63, 3.8) is 0 Å². The van der Waals surface area contributed by atoms with Crippen LogP contribution in [-0.2, 0) is 0 Å². The number of aromatic nitrogens is 1. The number of hydrogen-bond acceptors (Lipinski definition) is 3. The lowest BCUT2D eigenvalue weighted by Crippen LogP contribution is -2.04. The van der Waals surface area contributed by atoms with E-state index in [1.807, 2.05) is 41.8 Å². The van der Waals surface area contributed by atoms with Crippen molar-refractivity contribution in [3.05, 3.63) is 53.7 Å². The largest absolute Gasteiger partial charge is 0.508 e. The van der Waals surface area contributed by atoms with Gasteiger partial charge in [0.05, 0.1) is 23.1 Å². The number of aryl methyl sites for hydroxylation is 1. The SMILES string of the molecule is Cc1ccc(-n2cc(C#N)c3c(OCC(C)C)cccc32)cc1O. The molecule has 4 heteroatoms. The number of phenols is 1. The van der Waals surface area contributed by atoms with Crippen LogP contribution < -0.4 is 4.74 Å². The number of nitriles is 1. The van der Waals surface area contributed by atoms with Crippen LogP contribution in [0.3, 0.4) is 0 Å². The van der Waals surface area contributed by atoms with Gasteiger partial charge in [0, 0.05) is 18.0 Å². The predicted molar refractivity (Wildman–Crippen MR) is 94.7 cm³/mol. The molecule has 1 aromatic heterocycles. The minimum absolute atomic E-state index is 0.236. The average molecular weight is 320 g/mol. The molecule has 2 aromatic carbocycles. The quantitative estimate of drug-likeness (QED) is 0.767. The number of aromatic hydroxyl groups is 1. The first-order valence-corrected chi connectivity index (χ1v) is 7.98. The summed E-state index contributed by atoms with van der Waals surface area (Å²) in [6.45, 7) is 6.63. The summed E-state index contributed by atoms with van der Waals surface area (Å²) >= 11 is 0. The van der Waals surface area contributed by atoms with Gasteiger partial charge in [-0.15, -0.1) is 0 Å². The molecule has 24 heavy (non-hydrogen) atoms. The van der Waals surface area contributed by atoms with Crippen molar-refractivity contribution in [3.8, 4) is 23.3 Å². The molecule has 0 bridgehead atoms. The van der Waals surface area contributed by atoms with Gasteiger partial charge in [0.15, 0.2) is 0 Å². The van der Waals surface area contributed by atoms with E-state index in [-0.39, 0.29) is 5.75 Å². The van der Waals surface area contributed by atoms with Crippen molar-refractivity contribution >= 4 is 10.9 Å². The molecule has 1 heterocycles. The van der Waals surface area contributed by atoms with E-state index in [0.29, 0.717) is 23.8 Å². The van der Waals surface area contributed by atoms with E-state index in [0.717, 1.165) is 22.2 Å². The molecule has 0 aliphatic carbocycles. The lowest BCUT2D eigenvalue weighted by atomic mass is 10.1. The summed E-state index contributed by atoms with van der Waals surface area (Å²) in [6.07, 6.45) is 1.79. The molecule has 0 saturated carbocycles. The highest BCUT2D eigenvalue weighted by Gasteiger charge is 2.15. The summed E-state index contributed by atoms with van der Waals surface area (Å²) < 4.78 is 7.81. The second kappa shape index (κ2) is 6.29. The van der Waals surface area contributed by atoms with Gasteiger partial charge in [0.1, 0.15) is 17.6 Å². The van der Waals surface area contributed by atoms with Crippen molar-refractivity contribution in [1.82, 2.24) is 4.57 Å². The number of ether oxygens (including phenoxy) is 1. The smallest absolute Gasteiger partial charge is 0.130 e. The summed E-state index contributed by atoms with van der Waals surface area (Å²) in [6, 6.07) is 13.5. The lowest BCUT2D eigenvalue weighted by Gasteiger charge is -2.11. The number of fused-ring (bicyclic) bond motifs is 1. The second-order valence-corrected chi connectivity index (χ2v) is 6.35. The van der Waals surface area contributed by atoms with Crippen LogP contribution in [0.15, 0.2) is 42.6 Å². The molecule has 0 fully saturated rings. The maximum absolute atomic E-state index is 9.99. The Bertz CT molecular complexity index is 933. The van der Waals surface area contributed by atoms with Gasteiger partial charge in [-0.2, -0.15) is 5.26 Å². The predicted octanol–water partition coefficient (Wildman–Crippen LogP) is 4.55. The van der Waals surface area contributed by atoms with Gasteiger partial charge >= 0.3 is 0 Å². The monoisotopic (exact) mass is 320 g/mol. The molecule has 0 saturated heterocycles. The zero-order chi connectivity index (χ0) is 17.3. The first-order chi connectivity index (χ1) is 11.5. The van der Waals surface area contributed by atoms with Crippen LogP contribution in [0, 0.1) is 24.2 Å². The van der Waals surface area contributed by atoms with E-state index >= 15 is 0 Å². The van der Waals surface area contributed by atoms with Gasteiger partial charge in [0.25, 0.3) is 0 Å². The van der Waals surface area contributed by atoms with Gasteiger partial charge in [-0.05, 0) is 36.6 Å². The van der Waals surface area contributed by atoms with Crippen LogP contribution in [0.1, 0.15) is 25.0 Å². The molecule has 0 unspecified atom stereocenters. The third kappa shape index (κ3) is 2.81. The standard InChI is InChI=1S/C20H20N2O2/c1-13(2)12-24-19-6-4-5-17-20(19)15(10-21)11-22(17)16-8-7-14(3)18(23)9-16/h4-9,11,13,23H,12H2,1-3H3. The van der Waals surface area contributed by atoms with Crippen molar-refractivity contribution < 1.29 is 9.84 Å². The molecule has 1 N–H and O–H groups in total. The number of hydrogen-bond donors (Lipinski definition) is 1. The number of benzene rings is 2. The fraction of sp³-hybridized carbons (Fsp3) is 0.250. The Morgan fingerprint density at radius 1 is 1.25 bits per heavy atom. The van der Waals surface area contributed by atoms with Crippen LogP contribution in [0.2, 0.25) is 0 Å². The van der Waals surface area contributed by atoms with Crippen molar-refractivity contribution in [1.29, 1.82) is 5.26 Å². The fourth-order valence-electron chi connectivity index (χ4n) is 2.68. The van der Waals surface area contributed by atoms with Gasteiger partial charge in [-0.1, -0.05) is 26.0 Å². The van der Waals surface area contributed by atoms with E-state index in [4.69, 9.17) is 4.74 Å². The van der Waals surface area contributed by atoms with Crippen LogP contribution in [-0.4, -0.2) is 16.3 Å². The molecular formula is C20H20N2O2. The minimum atomic E-state index is 0.236. The molecule has 4 nitrogen and oxygen atoms in total. The Morgan fingerprint density at radius 3 is 2.71 bits per heavy atom. The summed E-state index contributed by atoms with van der Waals surface area (Å²) in [5.74, 6) is 1.36. The van der Waals surface area contributed by atoms with Gasteiger partial charge < -0.3 is 14.4 Å². The first kappa shape index (κ1) is 15.9. The zero-order valence-corrected chi connectivity index (χ0v) is 14.1. The molecule has 0 amide bonds. The Labute approximate surface area is 141 Å². The maximum atomic E-state index is 9.99. The van der Waals surface area contributed by atoms with Crippen molar-refractivity contribution in [2.24, 2.45) is 5.92 Å². The highest BCUT2D eigenvalue weighted by Crippen LogP contribution is 2.33. The zero-order valence-electron chi connectivity index (χ0n) is 14.1. The van der Waals surface area contributed by atoms with E-state index in [1.165, 1.54) is 0 Å². The summed E-state index contributed by atoms with van der Waals surface area (Å²) in [5.41, 5.74) is 3.07. The van der Waals surface area contributed by atoms with Crippen LogP contribution in [0.4, 0.5) is 0 Å². The Balaban J connectivity index is 2.18. The van der Waals surface area contributed by atoms with Crippen LogP contribution in [0.25, 0.3) is 16.6 Å². The van der Waals surface area contributed by atoms with Crippen LogP contribution >= 0.6 is 0 Å². The topological polar surface area (TPSA) is 58.2 Å². The molecule has 0 aliphatic heterocycles. The van der Waals surface area contributed by atoms with Crippen molar-refractivity contribution in [2.45, 2.75) is 20.8 Å². The maximum Gasteiger partial charge on any atom is 0.130 e. The van der Waals surface area contributed by atoms with E-state index in [1.54, 1.807) is 12.3 Å². The number of phenolic OH excluding ortho intramolecular Hbond substituents is 1. The lowest BCUT2D eigenvalue weighted by molar-refractivity contribution is 0.274. The molecular weight excluding hydrogens is 300 g/mol. The summed E-state index contributed by atoms with van der Waals surface area (Å²) in [5, 5.41) is 20.3. The van der Waals surface area contributed by atoms with Crippen molar-refractivity contribution in [2.75, 3.05) is 6.61 Å². The molecule has 0 atom stereocenters. The Morgan fingerprint density at radius 2 is 2.04 bits per heavy atom. The molecule has 3 rings (SSSR count). The van der Waals surface area contributed by atoms with E-state index in [9.17, 15) is 10.4 Å². The molecule has 0 aliphatic rings. The Hall–Kier alpha value is -2.93. The average Bonchev–Trinajstić information content (AvgIpc) is 2.95. The minimum Gasteiger partial charge on any atom is -0.508 e. The highest BCUT2D eigenvalue weighted by molar-refractivity contribution is 5.93. The second-order valence-electron chi connectivity index (χ2n) is 6.35. The fourth-order valence-corrected chi connectivity index (χ4v) is 2.68. The van der Waals surface area contributed by atoms with E-state index in [2.05, 4.69) is 19.9 Å². The van der Waals surface area contributed by atoms with Gasteiger partial charge in [-0.25, -0.2) is 0 Å². The van der Waals surface area contributed by atoms with Gasteiger partial charge in [-0.3, -0.25) is 0 Å².